The topological polar surface area (TPSA) is 54.3 Å². The Kier molecular flexibility index (Phi) is 0.845. The fourth-order valence-electron chi connectivity index (χ4n) is 0.214. The van der Waals surface area contributed by atoms with E-state index in [0.29, 0.717) is 0 Å². The fourth-order valence-corrected chi connectivity index (χ4v) is 0.214. The molecule has 4 nitrogen and oxygen atoms in total. The highest BCUT2D eigenvalue weighted by atomic mass is 17.3. The van der Waals surface area contributed by atoms with Gasteiger partial charge in [0.2, 0.25) is 0 Å². The lowest BCUT2D eigenvalue weighted by atomic mass is 10.6. The van der Waals surface area contributed by atoms with Crippen LogP contribution >= 0.6 is 0 Å². The Morgan fingerprint density at radius 2 is 2.71 bits per heavy atom. The van der Waals surface area contributed by atoms with E-state index in [-0.39, 0.29) is 5.70 Å². The number of nitrogens with zero attached hydrogens (tertiary/aromatic N) is 1. The quantitative estimate of drug-likeness (QED) is 0.427. The van der Waals surface area contributed by atoms with E-state index in [1.165, 1.54) is 6.26 Å². The van der Waals surface area contributed by atoms with E-state index in [0.717, 1.165) is 0 Å². The highest BCUT2D eigenvalue weighted by molar-refractivity contribution is 5.14. The SMILES string of the molecule is N#CC1=COON1. The Bertz CT molecular complexity index is 134. The first kappa shape index (κ1) is 3.96. The van der Waals surface area contributed by atoms with Gasteiger partial charge in [0.05, 0.1) is 0 Å². The molecule has 1 heterocycles. The number of hydroxylamine groups is 1. The molecule has 7 heavy (non-hydrogen) atoms. The van der Waals surface area contributed by atoms with Gasteiger partial charge in [-0.15, -0.1) is 0 Å². The fraction of sp³-hybridized carbons (Fsp3) is 0. The van der Waals surface area contributed by atoms with E-state index < -0.39 is 0 Å². The summed E-state index contributed by atoms with van der Waals surface area (Å²) in [6, 6.07) is 1.76. The molecule has 0 saturated carbocycles. The summed E-state index contributed by atoms with van der Waals surface area (Å²) in [6.07, 6.45) is 1.18. The van der Waals surface area contributed by atoms with E-state index in [9.17, 15) is 0 Å². The zero-order chi connectivity index (χ0) is 5.11. The largest absolute Gasteiger partial charge is 0.319 e. The second-order valence-electron chi connectivity index (χ2n) is 0.925. The summed E-state index contributed by atoms with van der Waals surface area (Å²) in [5.41, 5.74) is 2.46. The van der Waals surface area contributed by atoms with Crippen molar-refractivity contribution in [2.75, 3.05) is 0 Å². The zero-order valence-electron chi connectivity index (χ0n) is 3.34. The van der Waals surface area contributed by atoms with Crippen molar-refractivity contribution in [2.45, 2.75) is 0 Å². The molecule has 0 radical (unpaired) electrons. The molecule has 0 unspecified atom stereocenters. The predicted octanol–water partition coefficient (Wildman–Crippen LogP) is -0.182. The number of allylic oxidation sites excluding steroid dienone is 1. The third-order valence-corrected chi connectivity index (χ3v) is 0.486. The van der Waals surface area contributed by atoms with Gasteiger partial charge in [0.1, 0.15) is 6.07 Å². The van der Waals surface area contributed by atoms with Crippen LogP contribution < -0.4 is 5.48 Å². The lowest BCUT2D eigenvalue weighted by Gasteiger charge is -1.83. The number of nitriles is 1. The second-order valence-corrected chi connectivity index (χ2v) is 0.925. The lowest BCUT2D eigenvalue weighted by molar-refractivity contribution is -0.265. The first-order valence-electron chi connectivity index (χ1n) is 1.62. The van der Waals surface area contributed by atoms with Crippen molar-refractivity contribution in [3.8, 4) is 6.07 Å². The van der Waals surface area contributed by atoms with E-state index in [4.69, 9.17) is 5.26 Å². The Hall–Kier alpha value is -1.21. The van der Waals surface area contributed by atoms with Crippen LogP contribution in [-0.2, 0) is 9.88 Å². The first-order valence-corrected chi connectivity index (χ1v) is 1.62. The number of rotatable bonds is 0. The van der Waals surface area contributed by atoms with Crippen molar-refractivity contribution in [2.24, 2.45) is 0 Å². The minimum absolute atomic E-state index is 0.278. The minimum Gasteiger partial charge on any atom is -0.319 e. The molecule has 0 aromatic carbocycles. The van der Waals surface area contributed by atoms with Crippen LogP contribution in [0.2, 0.25) is 0 Å². The van der Waals surface area contributed by atoms with Crippen molar-refractivity contribution in [3.05, 3.63) is 12.0 Å². The summed E-state index contributed by atoms with van der Waals surface area (Å²) in [5, 5.41) is 8.03. The summed E-state index contributed by atoms with van der Waals surface area (Å²) in [6.45, 7) is 0. The van der Waals surface area contributed by atoms with Gasteiger partial charge in [-0.3, -0.25) is 0 Å². The van der Waals surface area contributed by atoms with E-state index in [1.807, 2.05) is 0 Å². The van der Waals surface area contributed by atoms with E-state index in [2.05, 4.69) is 15.4 Å². The Labute approximate surface area is 39.8 Å². The highest BCUT2D eigenvalue weighted by Crippen LogP contribution is 1.94. The first-order chi connectivity index (χ1) is 3.43. The van der Waals surface area contributed by atoms with Crippen LogP contribution in [0.3, 0.4) is 0 Å². The number of hydrogen-bond acceptors (Lipinski definition) is 4. The van der Waals surface area contributed by atoms with Crippen LogP contribution in [0.5, 0.6) is 0 Å². The Balaban J connectivity index is 2.57. The summed E-state index contributed by atoms with van der Waals surface area (Å²) >= 11 is 0. The van der Waals surface area contributed by atoms with Crippen molar-refractivity contribution in [1.29, 1.82) is 5.26 Å². The van der Waals surface area contributed by atoms with Crippen LogP contribution in [0.25, 0.3) is 0 Å². The molecule has 0 fully saturated rings. The van der Waals surface area contributed by atoms with Crippen molar-refractivity contribution in [1.82, 2.24) is 5.48 Å². The van der Waals surface area contributed by atoms with Gasteiger partial charge in [0.25, 0.3) is 0 Å². The van der Waals surface area contributed by atoms with E-state index in [1.54, 1.807) is 6.07 Å². The maximum Gasteiger partial charge on any atom is 0.180 e. The van der Waals surface area contributed by atoms with Gasteiger partial charge in [-0.1, -0.05) is 4.99 Å². The van der Waals surface area contributed by atoms with Gasteiger partial charge in [-0.2, -0.15) is 5.26 Å². The van der Waals surface area contributed by atoms with Gasteiger partial charge in [-0.05, 0) is 0 Å². The third-order valence-electron chi connectivity index (χ3n) is 0.486. The van der Waals surface area contributed by atoms with Gasteiger partial charge >= 0.3 is 0 Å². The van der Waals surface area contributed by atoms with Crippen LogP contribution in [0.4, 0.5) is 0 Å². The van der Waals surface area contributed by atoms with Gasteiger partial charge in [0.15, 0.2) is 12.0 Å². The summed E-state index contributed by atoms with van der Waals surface area (Å²) < 4.78 is 0. The molecule has 0 aromatic heterocycles. The van der Waals surface area contributed by atoms with E-state index >= 15 is 0 Å². The smallest absolute Gasteiger partial charge is 0.180 e. The molecule has 0 spiro atoms. The molecule has 1 rings (SSSR count). The zero-order valence-corrected chi connectivity index (χ0v) is 3.34. The van der Waals surface area contributed by atoms with Crippen molar-refractivity contribution >= 4 is 0 Å². The van der Waals surface area contributed by atoms with Gasteiger partial charge < -0.3 is 4.89 Å². The summed E-state index contributed by atoms with van der Waals surface area (Å²) in [7, 11) is 0. The number of hydrogen-bond donors (Lipinski definition) is 1. The molecular weight excluding hydrogens is 96.0 g/mol. The van der Waals surface area contributed by atoms with Crippen LogP contribution in [-0.4, -0.2) is 0 Å². The summed E-state index contributed by atoms with van der Waals surface area (Å²) in [4.78, 5) is 8.24. The molecular formula is C3H2N2O2. The van der Waals surface area contributed by atoms with Gasteiger partial charge in [0, 0.05) is 0 Å². The Morgan fingerprint density at radius 3 is 3.00 bits per heavy atom. The molecule has 0 amide bonds. The number of nitrogens with one attached hydrogen (secondary N) is 1. The standard InChI is InChI=1S/C3H2N2O2/c4-1-3-2-6-7-5-3/h2,5H. The molecule has 0 aromatic rings. The lowest BCUT2D eigenvalue weighted by Crippen LogP contribution is -2.02. The average Bonchev–Trinajstić information content (AvgIpc) is 2.14. The Morgan fingerprint density at radius 1 is 1.86 bits per heavy atom. The third kappa shape index (κ3) is 0.614. The van der Waals surface area contributed by atoms with Crippen molar-refractivity contribution < 1.29 is 9.88 Å². The van der Waals surface area contributed by atoms with Crippen LogP contribution in [0.15, 0.2) is 12.0 Å². The maximum atomic E-state index is 8.03. The maximum absolute atomic E-state index is 8.03. The molecule has 0 saturated heterocycles. The monoisotopic (exact) mass is 98.0 g/mol. The molecule has 1 aliphatic heterocycles. The van der Waals surface area contributed by atoms with Gasteiger partial charge in [-0.25, -0.2) is 5.48 Å². The van der Waals surface area contributed by atoms with Crippen LogP contribution in [0.1, 0.15) is 0 Å². The molecule has 1 N–H and O–H groups in total. The van der Waals surface area contributed by atoms with Crippen LogP contribution in [0, 0.1) is 11.3 Å². The molecule has 36 valence electrons. The molecule has 0 aliphatic carbocycles. The highest BCUT2D eigenvalue weighted by Gasteiger charge is 2.00. The predicted molar refractivity (Wildman–Crippen MR) is 19.0 cm³/mol. The second kappa shape index (κ2) is 1.49. The molecule has 0 bridgehead atoms. The molecule has 0 atom stereocenters. The normalized spacial score (nSPS) is 16.1. The summed E-state index contributed by atoms with van der Waals surface area (Å²) in [5.74, 6) is 0. The average molecular weight is 98.1 g/mol. The molecule has 4 heteroatoms. The molecule has 1 aliphatic rings. The van der Waals surface area contributed by atoms with Crippen molar-refractivity contribution in [3.63, 3.8) is 0 Å². The minimum atomic E-state index is 0.278.